The van der Waals surface area contributed by atoms with Crippen molar-refractivity contribution in [1.82, 2.24) is 15.1 Å². The summed E-state index contributed by atoms with van der Waals surface area (Å²) in [6.07, 6.45) is 1.48. The Morgan fingerprint density at radius 3 is 2.50 bits per heavy atom. The molecule has 1 heterocycles. The summed E-state index contributed by atoms with van der Waals surface area (Å²) in [5, 5.41) is 11.5. The number of carbonyl (C=O) groups is 2. The Hall–Kier alpha value is -1.14. The van der Waals surface area contributed by atoms with E-state index in [0.29, 0.717) is 13.0 Å². The molecule has 1 rings (SSSR count). The van der Waals surface area contributed by atoms with E-state index in [9.17, 15) is 9.59 Å². The molecule has 6 nitrogen and oxygen atoms in total. The van der Waals surface area contributed by atoms with Crippen molar-refractivity contribution >= 4 is 11.9 Å². The number of amides is 1. The Morgan fingerprint density at radius 1 is 1.17 bits per heavy atom. The van der Waals surface area contributed by atoms with Crippen molar-refractivity contribution in [3.8, 4) is 0 Å². The quantitative estimate of drug-likeness (QED) is 0.678. The van der Waals surface area contributed by atoms with Crippen molar-refractivity contribution in [3.63, 3.8) is 0 Å². The van der Waals surface area contributed by atoms with Crippen LogP contribution >= 0.6 is 0 Å². The molecule has 1 saturated heterocycles. The molecule has 0 spiro atoms. The first kappa shape index (κ1) is 14.9. The van der Waals surface area contributed by atoms with Gasteiger partial charge in [-0.15, -0.1) is 0 Å². The molecular weight excluding hydrogens is 234 g/mol. The van der Waals surface area contributed by atoms with Gasteiger partial charge in [0.2, 0.25) is 5.91 Å². The molecule has 1 fully saturated rings. The van der Waals surface area contributed by atoms with Crippen molar-refractivity contribution < 1.29 is 14.7 Å². The van der Waals surface area contributed by atoms with Gasteiger partial charge in [-0.3, -0.25) is 14.5 Å². The van der Waals surface area contributed by atoms with Crippen LogP contribution in [0.3, 0.4) is 0 Å². The standard InChI is InChI=1S/C12H23N3O3/c1-2-13-11(16)4-7-14-5-3-6-15(9-8-14)10-12(17)18/h2-10H2,1H3,(H,13,16)(H,17,18). The second kappa shape index (κ2) is 8.05. The van der Waals surface area contributed by atoms with Gasteiger partial charge in [-0.25, -0.2) is 0 Å². The van der Waals surface area contributed by atoms with Crippen molar-refractivity contribution in [2.24, 2.45) is 0 Å². The largest absolute Gasteiger partial charge is 0.480 e. The Kier molecular flexibility index (Phi) is 6.67. The first-order valence-corrected chi connectivity index (χ1v) is 6.55. The third-order valence-corrected chi connectivity index (χ3v) is 3.07. The number of hydrogen-bond acceptors (Lipinski definition) is 4. The molecule has 0 radical (unpaired) electrons. The van der Waals surface area contributed by atoms with Crippen molar-refractivity contribution in [3.05, 3.63) is 0 Å². The topological polar surface area (TPSA) is 72.9 Å². The minimum atomic E-state index is -0.772. The third kappa shape index (κ3) is 5.97. The number of nitrogens with one attached hydrogen (secondary N) is 1. The maximum Gasteiger partial charge on any atom is 0.317 e. The van der Waals surface area contributed by atoms with E-state index < -0.39 is 5.97 Å². The number of hydrogen-bond donors (Lipinski definition) is 2. The fourth-order valence-corrected chi connectivity index (χ4v) is 2.14. The second-order valence-corrected chi connectivity index (χ2v) is 4.57. The van der Waals surface area contributed by atoms with Crippen LogP contribution in [0, 0.1) is 0 Å². The van der Waals surface area contributed by atoms with E-state index in [1.165, 1.54) is 0 Å². The Bertz CT molecular complexity index is 284. The average Bonchev–Trinajstić information content (AvgIpc) is 2.52. The molecule has 6 heteroatoms. The fourth-order valence-electron chi connectivity index (χ4n) is 2.14. The van der Waals surface area contributed by atoms with Gasteiger partial charge < -0.3 is 15.3 Å². The van der Waals surface area contributed by atoms with Crippen molar-refractivity contribution in [1.29, 1.82) is 0 Å². The van der Waals surface area contributed by atoms with Gasteiger partial charge in [0.05, 0.1) is 6.54 Å². The zero-order valence-corrected chi connectivity index (χ0v) is 11.0. The van der Waals surface area contributed by atoms with Gasteiger partial charge >= 0.3 is 5.97 Å². The maximum absolute atomic E-state index is 11.4. The predicted molar refractivity (Wildman–Crippen MR) is 68.4 cm³/mol. The lowest BCUT2D eigenvalue weighted by Crippen LogP contribution is -2.35. The monoisotopic (exact) mass is 257 g/mol. The zero-order valence-electron chi connectivity index (χ0n) is 11.0. The number of aliphatic carboxylic acids is 1. The van der Waals surface area contributed by atoms with E-state index in [4.69, 9.17) is 5.11 Å². The number of carbonyl (C=O) groups excluding carboxylic acids is 1. The first-order valence-electron chi connectivity index (χ1n) is 6.55. The van der Waals surface area contributed by atoms with E-state index in [-0.39, 0.29) is 12.5 Å². The molecule has 0 bridgehead atoms. The number of carboxylic acid groups (broad SMARTS) is 1. The van der Waals surface area contributed by atoms with Gasteiger partial charge in [-0.2, -0.15) is 0 Å². The van der Waals surface area contributed by atoms with Crippen molar-refractivity contribution in [2.75, 3.05) is 45.8 Å². The summed E-state index contributed by atoms with van der Waals surface area (Å²) in [6, 6.07) is 0. The third-order valence-electron chi connectivity index (χ3n) is 3.07. The van der Waals surface area contributed by atoms with Gasteiger partial charge in [-0.05, 0) is 19.9 Å². The molecule has 0 unspecified atom stereocenters. The summed E-state index contributed by atoms with van der Waals surface area (Å²) in [5.74, 6) is -0.685. The highest BCUT2D eigenvalue weighted by Gasteiger charge is 2.16. The SMILES string of the molecule is CCNC(=O)CCN1CCCN(CC(=O)O)CC1. The van der Waals surface area contributed by atoms with E-state index >= 15 is 0 Å². The lowest BCUT2D eigenvalue weighted by atomic mass is 10.3. The van der Waals surface area contributed by atoms with Crippen LogP contribution in [0.1, 0.15) is 19.8 Å². The maximum atomic E-state index is 11.4. The van der Waals surface area contributed by atoms with E-state index in [1.54, 1.807) is 0 Å². The van der Waals surface area contributed by atoms with Gasteiger partial charge in [0.15, 0.2) is 0 Å². The molecule has 0 saturated carbocycles. The Morgan fingerprint density at radius 2 is 1.83 bits per heavy atom. The van der Waals surface area contributed by atoms with Crippen LogP contribution < -0.4 is 5.32 Å². The van der Waals surface area contributed by atoms with Crippen LogP contribution in [0.4, 0.5) is 0 Å². The van der Waals surface area contributed by atoms with Gasteiger partial charge in [0.1, 0.15) is 0 Å². The van der Waals surface area contributed by atoms with Crippen molar-refractivity contribution in [2.45, 2.75) is 19.8 Å². The van der Waals surface area contributed by atoms with E-state index in [0.717, 1.165) is 39.1 Å². The van der Waals surface area contributed by atoms with Crippen LogP contribution in [0.5, 0.6) is 0 Å². The Labute approximate surface area is 108 Å². The summed E-state index contributed by atoms with van der Waals surface area (Å²) in [6.45, 7) is 6.82. The summed E-state index contributed by atoms with van der Waals surface area (Å²) in [5.41, 5.74) is 0. The summed E-state index contributed by atoms with van der Waals surface area (Å²) in [7, 11) is 0. The number of nitrogens with zero attached hydrogens (tertiary/aromatic N) is 2. The summed E-state index contributed by atoms with van der Waals surface area (Å²) >= 11 is 0. The minimum Gasteiger partial charge on any atom is -0.480 e. The summed E-state index contributed by atoms with van der Waals surface area (Å²) < 4.78 is 0. The van der Waals surface area contributed by atoms with Gasteiger partial charge in [0, 0.05) is 39.1 Å². The van der Waals surface area contributed by atoms with E-state index in [2.05, 4.69) is 10.2 Å². The molecule has 0 aliphatic carbocycles. The van der Waals surface area contributed by atoms with Crippen LogP contribution in [0.2, 0.25) is 0 Å². The molecule has 0 aromatic rings. The Balaban J connectivity index is 2.24. The molecule has 1 amide bonds. The normalized spacial score (nSPS) is 18.3. The van der Waals surface area contributed by atoms with Crippen LogP contribution in [0.25, 0.3) is 0 Å². The molecule has 0 atom stereocenters. The number of rotatable bonds is 6. The smallest absolute Gasteiger partial charge is 0.317 e. The molecule has 0 aromatic carbocycles. The van der Waals surface area contributed by atoms with Crippen LogP contribution in [-0.2, 0) is 9.59 Å². The first-order chi connectivity index (χ1) is 8.61. The molecule has 104 valence electrons. The van der Waals surface area contributed by atoms with Crippen LogP contribution in [-0.4, -0.2) is 72.6 Å². The highest BCUT2D eigenvalue weighted by atomic mass is 16.4. The molecule has 2 N–H and O–H groups in total. The zero-order chi connectivity index (χ0) is 13.4. The minimum absolute atomic E-state index is 0.0872. The molecule has 18 heavy (non-hydrogen) atoms. The fraction of sp³-hybridized carbons (Fsp3) is 0.833. The lowest BCUT2D eigenvalue weighted by molar-refractivity contribution is -0.138. The lowest BCUT2D eigenvalue weighted by Gasteiger charge is -2.20. The van der Waals surface area contributed by atoms with Gasteiger partial charge in [-0.1, -0.05) is 0 Å². The molecule has 1 aliphatic rings. The molecule has 0 aromatic heterocycles. The predicted octanol–water partition coefficient (Wildman–Crippen LogP) is -0.395. The van der Waals surface area contributed by atoms with E-state index in [1.807, 2.05) is 11.8 Å². The second-order valence-electron chi connectivity index (χ2n) is 4.57. The van der Waals surface area contributed by atoms with Crippen LogP contribution in [0.15, 0.2) is 0 Å². The molecule has 1 aliphatic heterocycles. The molecular formula is C12H23N3O3. The van der Waals surface area contributed by atoms with Gasteiger partial charge in [0.25, 0.3) is 0 Å². The highest BCUT2D eigenvalue weighted by molar-refractivity contribution is 5.75. The summed E-state index contributed by atoms with van der Waals surface area (Å²) in [4.78, 5) is 26.2. The number of carboxylic acids is 1. The average molecular weight is 257 g/mol. The highest BCUT2D eigenvalue weighted by Crippen LogP contribution is 2.03.